The number of carbonyl (C=O) groups is 1. The number of ether oxygens (including phenoxy) is 2. The molecule has 13 heavy (non-hydrogen) atoms. The Labute approximate surface area is 78.1 Å². The van der Waals surface area contributed by atoms with Crippen LogP contribution in [0.5, 0.6) is 0 Å². The smallest absolute Gasteiger partial charge is 0.334 e. The Kier molecular flexibility index (Phi) is 3.45. The Morgan fingerprint density at radius 3 is 2.85 bits per heavy atom. The lowest BCUT2D eigenvalue weighted by molar-refractivity contribution is -0.152. The van der Waals surface area contributed by atoms with Gasteiger partial charge in [0.05, 0.1) is 6.61 Å². The summed E-state index contributed by atoms with van der Waals surface area (Å²) in [4.78, 5) is 13.1. The van der Waals surface area contributed by atoms with Crippen LogP contribution < -0.4 is 0 Å². The fourth-order valence-corrected chi connectivity index (χ4v) is 1.04. The van der Waals surface area contributed by atoms with Gasteiger partial charge in [-0.1, -0.05) is 6.58 Å². The summed E-state index contributed by atoms with van der Waals surface area (Å²) >= 11 is 0. The molecule has 1 heterocycles. The van der Waals surface area contributed by atoms with Gasteiger partial charge in [0, 0.05) is 12.1 Å². The molecule has 74 valence electrons. The average Bonchev–Trinajstić information content (AvgIpc) is 2.55. The third-order valence-corrected chi connectivity index (χ3v) is 1.92. The summed E-state index contributed by atoms with van der Waals surface area (Å²) in [6.07, 6.45) is -0.230. The van der Waals surface area contributed by atoms with E-state index in [0.717, 1.165) is 6.54 Å². The molecule has 4 nitrogen and oxygen atoms in total. The van der Waals surface area contributed by atoms with Crippen molar-refractivity contribution in [2.45, 2.75) is 20.1 Å². The van der Waals surface area contributed by atoms with E-state index >= 15 is 0 Å². The van der Waals surface area contributed by atoms with Crippen molar-refractivity contribution < 1.29 is 14.3 Å². The minimum absolute atomic E-state index is 0.230. The van der Waals surface area contributed by atoms with Crippen molar-refractivity contribution >= 4 is 5.97 Å². The average molecular weight is 185 g/mol. The first-order valence-electron chi connectivity index (χ1n) is 4.29. The lowest BCUT2D eigenvalue weighted by Gasteiger charge is -2.21. The second kappa shape index (κ2) is 4.39. The highest BCUT2D eigenvalue weighted by Gasteiger charge is 2.21. The third-order valence-electron chi connectivity index (χ3n) is 1.92. The molecule has 0 aromatic rings. The third kappa shape index (κ3) is 2.82. The van der Waals surface area contributed by atoms with Crippen LogP contribution in [-0.4, -0.2) is 37.0 Å². The van der Waals surface area contributed by atoms with Crippen molar-refractivity contribution in [1.82, 2.24) is 4.90 Å². The molecule has 1 rings (SSSR count). The summed E-state index contributed by atoms with van der Waals surface area (Å²) in [6.45, 7) is 9.02. The summed E-state index contributed by atoms with van der Waals surface area (Å²) in [5, 5.41) is 0. The van der Waals surface area contributed by atoms with Crippen LogP contribution in [0.2, 0.25) is 0 Å². The van der Waals surface area contributed by atoms with Gasteiger partial charge in [0.2, 0.25) is 0 Å². The summed E-state index contributed by atoms with van der Waals surface area (Å²) < 4.78 is 10.2. The number of nitrogens with zero attached hydrogens (tertiary/aromatic N) is 1. The van der Waals surface area contributed by atoms with Crippen LogP contribution in [0, 0.1) is 0 Å². The second-order valence-corrected chi connectivity index (χ2v) is 3.13. The van der Waals surface area contributed by atoms with Gasteiger partial charge in [-0.2, -0.15) is 0 Å². The van der Waals surface area contributed by atoms with Crippen LogP contribution in [0.4, 0.5) is 0 Å². The molecule has 0 aromatic carbocycles. The summed E-state index contributed by atoms with van der Waals surface area (Å²) in [7, 11) is 0. The van der Waals surface area contributed by atoms with Crippen molar-refractivity contribution in [3.8, 4) is 0 Å². The molecule has 1 aliphatic heterocycles. The van der Waals surface area contributed by atoms with Gasteiger partial charge in [-0.3, -0.25) is 0 Å². The molecule has 0 spiro atoms. The molecule has 0 saturated carbocycles. The number of hydrogen-bond donors (Lipinski definition) is 0. The van der Waals surface area contributed by atoms with Gasteiger partial charge >= 0.3 is 5.97 Å². The highest BCUT2D eigenvalue weighted by atomic mass is 16.6. The molecule has 1 unspecified atom stereocenters. The Hall–Kier alpha value is -0.870. The highest BCUT2D eigenvalue weighted by Crippen LogP contribution is 2.08. The highest BCUT2D eigenvalue weighted by molar-refractivity contribution is 5.87. The molecular formula is C9H15NO3. The number of esters is 1. The Bertz CT molecular complexity index is 209. The van der Waals surface area contributed by atoms with Gasteiger partial charge in [-0.15, -0.1) is 0 Å². The van der Waals surface area contributed by atoms with E-state index in [0.29, 0.717) is 18.9 Å². The van der Waals surface area contributed by atoms with Gasteiger partial charge < -0.3 is 9.47 Å². The molecule has 0 radical (unpaired) electrons. The first kappa shape index (κ1) is 10.2. The molecule has 4 heteroatoms. The van der Waals surface area contributed by atoms with E-state index in [2.05, 4.69) is 6.58 Å². The van der Waals surface area contributed by atoms with Crippen molar-refractivity contribution in [1.29, 1.82) is 0 Å². The van der Waals surface area contributed by atoms with Gasteiger partial charge in [0.15, 0.2) is 6.23 Å². The minimum Gasteiger partial charge on any atom is -0.443 e. The Balaban J connectivity index is 2.35. The molecule has 1 saturated heterocycles. The summed E-state index contributed by atoms with van der Waals surface area (Å²) in [5.41, 5.74) is 0.423. The number of rotatable bonds is 3. The zero-order valence-electron chi connectivity index (χ0n) is 8.08. The summed E-state index contributed by atoms with van der Waals surface area (Å²) in [5.74, 6) is -0.348. The topological polar surface area (TPSA) is 38.8 Å². The van der Waals surface area contributed by atoms with E-state index in [9.17, 15) is 4.79 Å². The fourth-order valence-electron chi connectivity index (χ4n) is 1.04. The molecule has 0 aromatic heterocycles. The Morgan fingerprint density at radius 1 is 1.69 bits per heavy atom. The largest absolute Gasteiger partial charge is 0.443 e. The first-order chi connectivity index (χ1) is 6.11. The van der Waals surface area contributed by atoms with E-state index < -0.39 is 0 Å². The molecule has 1 aliphatic rings. The van der Waals surface area contributed by atoms with Crippen LogP contribution >= 0.6 is 0 Å². The first-order valence-corrected chi connectivity index (χ1v) is 4.29. The van der Waals surface area contributed by atoms with Crippen LogP contribution in [-0.2, 0) is 14.3 Å². The molecule has 0 aliphatic carbocycles. The van der Waals surface area contributed by atoms with Gasteiger partial charge in [-0.05, 0) is 13.8 Å². The van der Waals surface area contributed by atoms with Crippen molar-refractivity contribution in [2.75, 3.05) is 19.9 Å². The molecule has 0 N–H and O–H groups in total. The lowest BCUT2D eigenvalue weighted by atomic mass is 10.4. The maximum atomic E-state index is 11.1. The second-order valence-electron chi connectivity index (χ2n) is 3.13. The van der Waals surface area contributed by atoms with Crippen molar-refractivity contribution in [2.24, 2.45) is 0 Å². The normalized spacial score (nSPS) is 19.8. The van der Waals surface area contributed by atoms with Gasteiger partial charge in [0.1, 0.15) is 6.73 Å². The minimum atomic E-state index is -0.348. The van der Waals surface area contributed by atoms with Crippen LogP contribution in [0.15, 0.2) is 12.2 Å². The molecule has 1 fully saturated rings. The van der Waals surface area contributed by atoms with E-state index in [1.165, 1.54) is 0 Å². The van der Waals surface area contributed by atoms with E-state index in [1.807, 2.05) is 11.8 Å². The SMILES string of the molecule is C=C(C)C(=O)OC(C)N1CCOC1. The molecule has 0 bridgehead atoms. The fraction of sp³-hybridized carbons (Fsp3) is 0.667. The predicted molar refractivity (Wildman–Crippen MR) is 47.9 cm³/mol. The maximum absolute atomic E-state index is 11.1. The predicted octanol–water partition coefficient (Wildman–Crippen LogP) is 0.741. The summed E-state index contributed by atoms with van der Waals surface area (Å²) in [6, 6.07) is 0. The van der Waals surface area contributed by atoms with Crippen LogP contribution in [0.1, 0.15) is 13.8 Å². The van der Waals surface area contributed by atoms with Crippen molar-refractivity contribution in [3.63, 3.8) is 0 Å². The Morgan fingerprint density at radius 2 is 2.38 bits per heavy atom. The number of carbonyl (C=O) groups excluding carboxylic acids is 1. The molecular weight excluding hydrogens is 170 g/mol. The monoisotopic (exact) mass is 185 g/mol. The van der Waals surface area contributed by atoms with Gasteiger partial charge in [0.25, 0.3) is 0 Å². The van der Waals surface area contributed by atoms with E-state index in [-0.39, 0.29) is 12.2 Å². The molecule has 1 atom stereocenters. The van der Waals surface area contributed by atoms with Crippen LogP contribution in [0.3, 0.4) is 0 Å². The molecule has 0 amide bonds. The zero-order valence-corrected chi connectivity index (χ0v) is 8.08. The lowest BCUT2D eigenvalue weighted by Crippen LogP contribution is -2.34. The van der Waals surface area contributed by atoms with E-state index in [4.69, 9.17) is 9.47 Å². The quantitative estimate of drug-likeness (QED) is 0.480. The standard InChI is InChI=1S/C9H15NO3/c1-7(2)9(11)13-8(3)10-4-5-12-6-10/h8H,1,4-6H2,2-3H3. The van der Waals surface area contributed by atoms with Crippen LogP contribution in [0.25, 0.3) is 0 Å². The van der Waals surface area contributed by atoms with Crippen molar-refractivity contribution in [3.05, 3.63) is 12.2 Å². The number of hydrogen-bond acceptors (Lipinski definition) is 4. The maximum Gasteiger partial charge on any atom is 0.334 e. The van der Waals surface area contributed by atoms with Gasteiger partial charge in [-0.25, -0.2) is 9.69 Å². The zero-order chi connectivity index (χ0) is 9.84. The van der Waals surface area contributed by atoms with E-state index in [1.54, 1.807) is 6.92 Å².